The van der Waals surface area contributed by atoms with Crippen LogP contribution < -0.4 is 5.32 Å². The summed E-state index contributed by atoms with van der Waals surface area (Å²) in [7, 11) is 0. The molecular formula is C17H26N2O2. The molecule has 116 valence electrons. The lowest BCUT2D eigenvalue weighted by atomic mass is 10.0. The van der Waals surface area contributed by atoms with Gasteiger partial charge in [-0.3, -0.25) is 0 Å². The average Bonchev–Trinajstić information content (AvgIpc) is 2.46. The Morgan fingerprint density at radius 2 is 1.71 bits per heavy atom. The second-order valence-corrected chi connectivity index (χ2v) is 5.75. The van der Waals surface area contributed by atoms with Gasteiger partial charge < -0.3 is 15.0 Å². The van der Waals surface area contributed by atoms with Crippen LogP contribution in [0.5, 0.6) is 0 Å². The SMILES string of the molecule is CCc1cccc(CC)c1NC(=O)N1C[C@@H](C)O[C@H](C)C1. The number of ether oxygens (including phenoxy) is 1. The third kappa shape index (κ3) is 3.76. The second-order valence-electron chi connectivity index (χ2n) is 5.75. The van der Waals surface area contributed by atoms with E-state index in [1.54, 1.807) is 0 Å². The zero-order valence-corrected chi connectivity index (χ0v) is 13.5. The number of carbonyl (C=O) groups excluding carboxylic acids is 1. The first-order chi connectivity index (χ1) is 10.0. The van der Waals surface area contributed by atoms with Crippen LogP contribution in [-0.4, -0.2) is 36.2 Å². The van der Waals surface area contributed by atoms with Gasteiger partial charge in [0.15, 0.2) is 0 Å². The van der Waals surface area contributed by atoms with Crippen molar-refractivity contribution in [2.24, 2.45) is 0 Å². The van der Waals surface area contributed by atoms with Crippen molar-refractivity contribution in [2.45, 2.75) is 52.7 Å². The highest BCUT2D eigenvalue weighted by atomic mass is 16.5. The van der Waals surface area contributed by atoms with Crippen LogP contribution in [0.1, 0.15) is 38.8 Å². The summed E-state index contributed by atoms with van der Waals surface area (Å²) in [6, 6.07) is 6.21. The van der Waals surface area contributed by atoms with E-state index in [0.29, 0.717) is 13.1 Å². The van der Waals surface area contributed by atoms with Gasteiger partial charge in [0.05, 0.1) is 12.2 Å². The number of para-hydroxylation sites is 1. The molecule has 1 aliphatic heterocycles. The minimum Gasteiger partial charge on any atom is -0.372 e. The molecule has 4 heteroatoms. The second kappa shape index (κ2) is 6.94. The van der Waals surface area contributed by atoms with Gasteiger partial charge in [-0.1, -0.05) is 32.0 Å². The zero-order chi connectivity index (χ0) is 15.4. The summed E-state index contributed by atoms with van der Waals surface area (Å²) in [5.74, 6) is 0. The van der Waals surface area contributed by atoms with Crippen molar-refractivity contribution in [3.8, 4) is 0 Å². The van der Waals surface area contributed by atoms with E-state index in [1.165, 1.54) is 11.1 Å². The van der Waals surface area contributed by atoms with Gasteiger partial charge in [-0.15, -0.1) is 0 Å². The van der Waals surface area contributed by atoms with Crippen molar-refractivity contribution >= 4 is 11.7 Å². The Morgan fingerprint density at radius 3 is 2.19 bits per heavy atom. The van der Waals surface area contributed by atoms with E-state index in [1.807, 2.05) is 18.7 Å². The molecule has 0 aliphatic carbocycles. The lowest BCUT2D eigenvalue weighted by molar-refractivity contribution is -0.0530. The van der Waals surface area contributed by atoms with Gasteiger partial charge in [0.1, 0.15) is 0 Å². The van der Waals surface area contributed by atoms with Crippen LogP contribution in [0, 0.1) is 0 Å². The lowest BCUT2D eigenvalue weighted by Gasteiger charge is -2.35. The molecule has 1 fully saturated rings. The van der Waals surface area contributed by atoms with Crippen molar-refractivity contribution < 1.29 is 9.53 Å². The number of nitrogens with zero attached hydrogens (tertiary/aromatic N) is 1. The van der Waals surface area contributed by atoms with E-state index >= 15 is 0 Å². The maximum absolute atomic E-state index is 12.6. The van der Waals surface area contributed by atoms with Crippen molar-refractivity contribution in [2.75, 3.05) is 18.4 Å². The molecule has 0 saturated carbocycles. The molecule has 4 nitrogen and oxygen atoms in total. The first-order valence-corrected chi connectivity index (χ1v) is 7.87. The number of morpholine rings is 1. The third-order valence-electron chi connectivity index (χ3n) is 3.94. The summed E-state index contributed by atoms with van der Waals surface area (Å²) in [6.07, 6.45) is 2.01. The number of aryl methyl sites for hydroxylation is 2. The highest BCUT2D eigenvalue weighted by Gasteiger charge is 2.26. The molecular weight excluding hydrogens is 264 g/mol. The van der Waals surface area contributed by atoms with E-state index in [4.69, 9.17) is 4.74 Å². The molecule has 21 heavy (non-hydrogen) atoms. The highest BCUT2D eigenvalue weighted by Crippen LogP contribution is 2.23. The number of hydrogen-bond acceptors (Lipinski definition) is 2. The van der Waals surface area contributed by atoms with Crippen LogP contribution in [0.3, 0.4) is 0 Å². The third-order valence-corrected chi connectivity index (χ3v) is 3.94. The van der Waals surface area contributed by atoms with Gasteiger partial charge in [-0.05, 0) is 37.8 Å². The average molecular weight is 290 g/mol. The molecule has 0 unspecified atom stereocenters. The molecule has 0 spiro atoms. The Balaban J connectivity index is 2.15. The number of urea groups is 1. The molecule has 1 N–H and O–H groups in total. The van der Waals surface area contributed by atoms with Crippen molar-refractivity contribution in [3.63, 3.8) is 0 Å². The van der Waals surface area contributed by atoms with Gasteiger partial charge in [0, 0.05) is 18.8 Å². The minimum atomic E-state index is -0.0207. The van der Waals surface area contributed by atoms with Crippen LogP contribution >= 0.6 is 0 Å². The summed E-state index contributed by atoms with van der Waals surface area (Å²) >= 11 is 0. The summed E-state index contributed by atoms with van der Waals surface area (Å²) in [5.41, 5.74) is 3.37. The topological polar surface area (TPSA) is 41.6 Å². The monoisotopic (exact) mass is 290 g/mol. The first kappa shape index (κ1) is 15.8. The fraction of sp³-hybridized carbons (Fsp3) is 0.588. The quantitative estimate of drug-likeness (QED) is 0.926. The molecule has 2 amide bonds. The molecule has 0 radical (unpaired) electrons. The van der Waals surface area contributed by atoms with Gasteiger partial charge in [0.2, 0.25) is 0 Å². The molecule has 0 aromatic heterocycles. The molecule has 1 heterocycles. The van der Waals surface area contributed by atoms with Crippen LogP contribution in [0.4, 0.5) is 10.5 Å². The lowest BCUT2D eigenvalue weighted by Crippen LogP contribution is -2.49. The molecule has 2 atom stereocenters. The molecule has 1 aliphatic rings. The fourth-order valence-corrected chi connectivity index (χ4v) is 2.93. The van der Waals surface area contributed by atoms with E-state index in [9.17, 15) is 4.79 Å². The number of benzene rings is 1. The fourth-order valence-electron chi connectivity index (χ4n) is 2.93. The predicted molar refractivity (Wildman–Crippen MR) is 85.8 cm³/mol. The van der Waals surface area contributed by atoms with Gasteiger partial charge in [-0.25, -0.2) is 4.79 Å². The number of rotatable bonds is 3. The van der Waals surface area contributed by atoms with Crippen molar-refractivity contribution in [1.82, 2.24) is 4.90 Å². The minimum absolute atomic E-state index is 0.0207. The Morgan fingerprint density at radius 1 is 1.19 bits per heavy atom. The number of carbonyl (C=O) groups is 1. The van der Waals surface area contributed by atoms with Gasteiger partial charge in [-0.2, -0.15) is 0 Å². The molecule has 0 bridgehead atoms. The number of nitrogens with one attached hydrogen (secondary N) is 1. The molecule has 2 rings (SSSR count). The molecule has 1 aromatic carbocycles. The molecule has 1 saturated heterocycles. The van der Waals surface area contributed by atoms with E-state index in [-0.39, 0.29) is 18.2 Å². The summed E-state index contributed by atoms with van der Waals surface area (Å²) in [5, 5.41) is 3.12. The number of hydrogen-bond donors (Lipinski definition) is 1. The number of amides is 2. The highest BCUT2D eigenvalue weighted by molar-refractivity contribution is 5.91. The van der Waals surface area contributed by atoms with E-state index in [2.05, 4.69) is 37.4 Å². The van der Waals surface area contributed by atoms with Crippen molar-refractivity contribution in [1.29, 1.82) is 0 Å². The largest absolute Gasteiger partial charge is 0.372 e. The summed E-state index contributed by atoms with van der Waals surface area (Å²) in [6.45, 7) is 9.53. The molecule has 1 aromatic rings. The Kier molecular flexibility index (Phi) is 5.23. The first-order valence-electron chi connectivity index (χ1n) is 7.87. The Hall–Kier alpha value is -1.55. The number of anilines is 1. The summed E-state index contributed by atoms with van der Waals surface area (Å²) in [4.78, 5) is 14.4. The smallest absolute Gasteiger partial charge is 0.322 e. The normalized spacial score (nSPS) is 22.2. The standard InChI is InChI=1S/C17H26N2O2/c1-5-14-8-7-9-15(6-2)16(14)18-17(20)19-10-12(3)21-13(4)11-19/h7-9,12-13H,5-6,10-11H2,1-4H3,(H,18,20)/t12-,13-/m1/s1. The maximum atomic E-state index is 12.6. The maximum Gasteiger partial charge on any atom is 0.322 e. The van der Waals surface area contributed by atoms with E-state index < -0.39 is 0 Å². The van der Waals surface area contributed by atoms with Crippen LogP contribution in [-0.2, 0) is 17.6 Å². The summed E-state index contributed by atoms with van der Waals surface area (Å²) < 4.78 is 5.68. The van der Waals surface area contributed by atoms with Gasteiger partial charge in [0.25, 0.3) is 0 Å². The van der Waals surface area contributed by atoms with Crippen LogP contribution in [0.25, 0.3) is 0 Å². The van der Waals surface area contributed by atoms with Crippen LogP contribution in [0.15, 0.2) is 18.2 Å². The van der Waals surface area contributed by atoms with Crippen molar-refractivity contribution in [3.05, 3.63) is 29.3 Å². The Bertz CT molecular complexity index is 469. The Labute approximate surface area is 127 Å². The van der Waals surface area contributed by atoms with Gasteiger partial charge >= 0.3 is 6.03 Å². The predicted octanol–water partition coefficient (Wildman–Crippen LogP) is 3.45. The zero-order valence-electron chi connectivity index (χ0n) is 13.5. The van der Waals surface area contributed by atoms with E-state index in [0.717, 1.165) is 18.5 Å². The van der Waals surface area contributed by atoms with Crippen LogP contribution in [0.2, 0.25) is 0 Å².